The number of carboxylic acid groups (broad SMARTS) is 1. The van der Waals surface area contributed by atoms with Crippen molar-refractivity contribution in [3.8, 4) is 0 Å². The maximum absolute atomic E-state index is 12.4. The highest BCUT2D eigenvalue weighted by Gasteiger charge is 2.30. The van der Waals surface area contributed by atoms with E-state index in [0.29, 0.717) is 6.42 Å². The molecule has 0 heterocycles. The lowest BCUT2D eigenvalue weighted by Gasteiger charge is -2.28. The number of amides is 2. The standard InChI is InChI=1S/C19H27NO6/c1-18(2,3)25-16(23)20(17(24)26-19(4,5)6)12-11-13-7-9-14(10-8-13)15(21)22/h7-10H,11-12H2,1-6H3,(H,21,22). The second kappa shape index (κ2) is 8.21. The van der Waals surface area contributed by atoms with Gasteiger partial charge in [-0.05, 0) is 65.7 Å². The number of carboxylic acids is 1. The van der Waals surface area contributed by atoms with Crippen LogP contribution < -0.4 is 0 Å². The van der Waals surface area contributed by atoms with Gasteiger partial charge in [-0.15, -0.1) is 0 Å². The molecule has 144 valence electrons. The van der Waals surface area contributed by atoms with Crippen LogP contribution in [0.5, 0.6) is 0 Å². The molecule has 0 unspecified atom stereocenters. The van der Waals surface area contributed by atoms with E-state index in [1.54, 1.807) is 53.7 Å². The molecule has 0 spiro atoms. The third-order valence-electron chi connectivity index (χ3n) is 3.05. The summed E-state index contributed by atoms with van der Waals surface area (Å²) in [7, 11) is 0. The van der Waals surface area contributed by atoms with E-state index >= 15 is 0 Å². The molecule has 1 N–H and O–H groups in total. The topological polar surface area (TPSA) is 93.1 Å². The molecule has 7 heteroatoms. The molecule has 0 fully saturated rings. The van der Waals surface area contributed by atoms with Crippen LogP contribution >= 0.6 is 0 Å². The van der Waals surface area contributed by atoms with Crippen molar-refractivity contribution in [1.29, 1.82) is 0 Å². The van der Waals surface area contributed by atoms with Crippen LogP contribution in [-0.2, 0) is 15.9 Å². The first-order valence-electron chi connectivity index (χ1n) is 8.34. The van der Waals surface area contributed by atoms with Gasteiger partial charge in [-0.3, -0.25) is 0 Å². The zero-order chi connectivity index (χ0) is 20.1. The van der Waals surface area contributed by atoms with Gasteiger partial charge in [-0.2, -0.15) is 0 Å². The Balaban J connectivity index is 2.88. The number of imide groups is 1. The summed E-state index contributed by atoms with van der Waals surface area (Å²) in [5.74, 6) is -1.01. The highest BCUT2D eigenvalue weighted by atomic mass is 16.6. The Hall–Kier alpha value is -2.57. The zero-order valence-corrected chi connectivity index (χ0v) is 16.2. The summed E-state index contributed by atoms with van der Waals surface area (Å²) in [6, 6.07) is 6.24. The first-order chi connectivity index (χ1) is 11.8. The molecule has 0 saturated heterocycles. The van der Waals surface area contributed by atoms with Crippen molar-refractivity contribution in [3.63, 3.8) is 0 Å². The number of rotatable bonds is 4. The van der Waals surface area contributed by atoms with Crippen LogP contribution in [0, 0.1) is 0 Å². The van der Waals surface area contributed by atoms with E-state index in [1.165, 1.54) is 12.1 Å². The molecular formula is C19H27NO6. The minimum atomic E-state index is -1.01. The first-order valence-corrected chi connectivity index (χ1v) is 8.34. The minimum Gasteiger partial charge on any atom is -0.478 e. The van der Waals surface area contributed by atoms with E-state index in [-0.39, 0.29) is 12.1 Å². The Morgan fingerprint density at radius 1 is 0.885 bits per heavy atom. The van der Waals surface area contributed by atoms with E-state index < -0.39 is 29.4 Å². The van der Waals surface area contributed by atoms with Gasteiger partial charge in [0, 0.05) is 6.54 Å². The van der Waals surface area contributed by atoms with Gasteiger partial charge in [0.25, 0.3) is 0 Å². The Kier molecular flexibility index (Phi) is 6.78. The predicted octanol–water partition coefficient (Wildman–Crippen LogP) is 4.10. The van der Waals surface area contributed by atoms with Crippen LogP contribution in [-0.4, -0.2) is 45.9 Å². The average Bonchev–Trinajstić information content (AvgIpc) is 2.44. The summed E-state index contributed by atoms with van der Waals surface area (Å²) in [6.45, 7) is 10.3. The van der Waals surface area contributed by atoms with Gasteiger partial charge in [0.2, 0.25) is 0 Å². The van der Waals surface area contributed by atoms with Crippen LogP contribution in [0.2, 0.25) is 0 Å². The average molecular weight is 365 g/mol. The summed E-state index contributed by atoms with van der Waals surface area (Å²) in [5, 5.41) is 8.93. The Bertz CT molecular complexity index is 624. The number of carbonyl (C=O) groups is 3. The molecule has 2 amide bonds. The lowest BCUT2D eigenvalue weighted by molar-refractivity contribution is 0.00168. The highest BCUT2D eigenvalue weighted by Crippen LogP contribution is 2.15. The van der Waals surface area contributed by atoms with E-state index in [0.717, 1.165) is 10.5 Å². The quantitative estimate of drug-likeness (QED) is 0.863. The minimum absolute atomic E-state index is 0.0518. The van der Waals surface area contributed by atoms with E-state index in [9.17, 15) is 14.4 Å². The molecule has 1 aromatic rings. The van der Waals surface area contributed by atoms with Crippen molar-refractivity contribution in [2.24, 2.45) is 0 Å². The molecule has 0 aliphatic heterocycles. The van der Waals surface area contributed by atoms with Crippen LogP contribution in [0.3, 0.4) is 0 Å². The molecule has 26 heavy (non-hydrogen) atoms. The fraction of sp³-hybridized carbons (Fsp3) is 0.526. The molecule has 0 radical (unpaired) electrons. The van der Waals surface area contributed by atoms with Crippen LogP contribution in [0.4, 0.5) is 9.59 Å². The second-order valence-electron chi connectivity index (χ2n) is 7.86. The Morgan fingerprint density at radius 2 is 1.31 bits per heavy atom. The second-order valence-corrected chi connectivity index (χ2v) is 7.86. The molecule has 1 aromatic carbocycles. The summed E-state index contributed by atoms with van der Waals surface area (Å²) in [6.07, 6.45) is -1.22. The summed E-state index contributed by atoms with van der Waals surface area (Å²) in [4.78, 5) is 36.6. The van der Waals surface area contributed by atoms with Gasteiger partial charge in [0.1, 0.15) is 11.2 Å². The van der Waals surface area contributed by atoms with Gasteiger partial charge in [0.05, 0.1) is 5.56 Å². The fourth-order valence-corrected chi connectivity index (χ4v) is 1.95. The smallest absolute Gasteiger partial charge is 0.419 e. The first kappa shape index (κ1) is 21.5. The summed E-state index contributed by atoms with van der Waals surface area (Å²) >= 11 is 0. The maximum Gasteiger partial charge on any atom is 0.419 e. The zero-order valence-electron chi connectivity index (χ0n) is 16.2. The molecule has 0 saturated carbocycles. The lowest BCUT2D eigenvalue weighted by Crippen LogP contribution is -2.44. The van der Waals surface area contributed by atoms with E-state index in [2.05, 4.69) is 0 Å². The van der Waals surface area contributed by atoms with Gasteiger partial charge in [-0.1, -0.05) is 12.1 Å². The van der Waals surface area contributed by atoms with Crippen molar-refractivity contribution < 1.29 is 29.0 Å². The van der Waals surface area contributed by atoms with Gasteiger partial charge in [0.15, 0.2) is 0 Å². The number of aromatic carboxylic acids is 1. The molecule has 1 rings (SSSR count). The predicted molar refractivity (Wildman–Crippen MR) is 96.3 cm³/mol. The van der Waals surface area contributed by atoms with Gasteiger partial charge < -0.3 is 14.6 Å². The van der Waals surface area contributed by atoms with Crippen molar-refractivity contribution in [2.45, 2.75) is 59.2 Å². The number of carbonyl (C=O) groups excluding carboxylic acids is 2. The third kappa shape index (κ3) is 7.55. The van der Waals surface area contributed by atoms with Gasteiger partial charge in [-0.25, -0.2) is 19.3 Å². The number of hydrogen-bond donors (Lipinski definition) is 1. The van der Waals surface area contributed by atoms with Crippen LogP contribution in [0.1, 0.15) is 57.5 Å². The van der Waals surface area contributed by atoms with E-state index in [4.69, 9.17) is 14.6 Å². The fourth-order valence-electron chi connectivity index (χ4n) is 1.95. The summed E-state index contributed by atoms with van der Waals surface area (Å²) < 4.78 is 10.6. The van der Waals surface area contributed by atoms with Crippen molar-refractivity contribution >= 4 is 18.2 Å². The number of ether oxygens (including phenoxy) is 2. The largest absolute Gasteiger partial charge is 0.478 e. The SMILES string of the molecule is CC(C)(C)OC(=O)N(CCc1ccc(C(=O)O)cc1)C(=O)OC(C)(C)C. The lowest BCUT2D eigenvalue weighted by atomic mass is 10.1. The Morgan fingerprint density at radius 3 is 1.65 bits per heavy atom. The maximum atomic E-state index is 12.4. The summed E-state index contributed by atoms with van der Waals surface area (Å²) in [5.41, 5.74) is -0.543. The van der Waals surface area contributed by atoms with Crippen LogP contribution in [0.15, 0.2) is 24.3 Å². The number of hydrogen-bond acceptors (Lipinski definition) is 5. The Labute approximate surface area is 153 Å². The molecule has 0 bridgehead atoms. The molecule has 0 aliphatic carbocycles. The molecule has 0 aliphatic rings. The molecule has 0 aromatic heterocycles. The van der Waals surface area contributed by atoms with Gasteiger partial charge >= 0.3 is 18.2 Å². The number of benzene rings is 1. The van der Waals surface area contributed by atoms with Crippen LogP contribution in [0.25, 0.3) is 0 Å². The molecule has 7 nitrogen and oxygen atoms in total. The monoisotopic (exact) mass is 365 g/mol. The normalized spacial score (nSPS) is 11.6. The third-order valence-corrected chi connectivity index (χ3v) is 3.05. The molecular weight excluding hydrogens is 338 g/mol. The van der Waals surface area contributed by atoms with Crippen molar-refractivity contribution in [2.75, 3.05) is 6.54 Å². The number of nitrogens with zero attached hydrogens (tertiary/aromatic N) is 1. The molecule has 0 atom stereocenters. The van der Waals surface area contributed by atoms with E-state index in [1.807, 2.05) is 0 Å². The highest BCUT2D eigenvalue weighted by molar-refractivity contribution is 5.88. The van der Waals surface area contributed by atoms with Crippen molar-refractivity contribution in [3.05, 3.63) is 35.4 Å². The van der Waals surface area contributed by atoms with Crippen molar-refractivity contribution in [1.82, 2.24) is 4.90 Å².